The molecule has 0 aliphatic heterocycles. The average molecular weight is 446 g/mol. The lowest BCUT2D eigenvalue weighted by molar-refractivity contribution is -0.139. The highest BCUT2D eigenvalue weighted by Gasteiger charge is 2.34. The number of esters is 1. The lowest BCUT2D eigenvalue weighted by Gasteiger charge is -2.27. The molecule has 0 heterocycles. The monoisotopic (exact) mass is 446 g/mol. The largest absolute Gasteiger partial charge is 0.423 e. The summed E-state index contributed by atoms with van der Waals surface area (Å²) in [6.45, 7) is 0. The van der Waals surface area contributed by atoms with Gasteiger partial charge in [-0.1, -0.05) is 18.2 Å². The number of hydrogen-bond donors (Lipinski definition) is 0. The van der Waals surface area contributed by atoms with Crippen LogP contribution in [0.15, 0.2) is 54.6 Å². The van der Waals surface area contributed by atoms with Gasteiger partial charge in [-0.05, 0) is 78.9 Å². The van der Waals surface area contributed by atoms with Crippen molar-refractivity contribution in [1.29, 1.82) is 0 Å². The molecule has 168 valence electrons. The summed E-state index contributed by atoms with van der Waals surface area (Å²) in [7, 11) is 1.73. The highest BCUT2D eigenvalue weighted by molar-refractivity contribution is 5.92. The summed E-state index contributed by atoms with van der Waals surface area (Å²) in [6, 6.07) is 12.9. The second-order valence-electron chi connectivity index (χ2n) is 8.03. The Morgan fingerprint density at radius 1 is 0.938 bits per heavy atom. The first-order valence-corrected chi connectivity index (χ1v) is 10.4. The number of carbonyl (C=O) groups excluding carboxylic acids is 1. The summed E-state index contributed by atoms with van der Waals surface area (Å²) in [5.41, 5.74) is 0.196. The van der Waals surface area contributed by atoms with Crippen LogP contribution in [0.4, 0.5) is 17.6 Å². The molecule has 1 aliphatic carbocycles. The smallest absolute Gasteiger partial charge is 0.419 e. The zero-order valence-corrected chi connectivity index (χ0v) is 17.4. The van der Waals surface area contributed by atoms with Crippen molar-refractivity contribution < 1.29 is 31.8 Å². The van der Waals surface area contributed by atoms with Crippen molar-refractivity contribution in [2.45, 2.75) is 43.9 Å². The number of hydrogen-bond acceptors (Lipinski definition) is 3. The third-order valence-electron chi connectivity index (χ3n) is 6.07. The standard InChI is InChI=1S/C25H22F4O3/c1-31-19-9-6-16(7-10-19)15-2-4-17(5-3-15)24(30)32-20-11-12-21-18(14-20)8-13-22(23(21)26)25(27,28)29/h2-5,8,11-14,16,19H,6-7,9-10H2,1H3. The normalized spacial score (nSPS) is 19.2. The molecule has 0 amide bonds. The molecular weight excluding hydrogens is 424 g/mol. The van der Waals surface area contributed by atoms with Gasteiger partial charge in [0.05, 0.1) is 17.2 Å². The van der Waals surface area contributed by atoms with Gasteiger partial charge in [-0.25, -0.2) is 9.18 Å². The molecule has 0 N–H and O–H groups in total. The fourth-order valence-corrected chi connectivity index (χ4v) is 4.24. The summed E-state index contributed by atoms with van der Waals surface area (Å²) in [4.78, 5) is 12.5. The molecule has 1 saturated carbocycles. The molecule has 1 fully saturated rings. The number of methoxy groups -OCH3 is 1. The Kier molecular flexibility index (Phi) is 6.20. The Balaban J connectivity index is 1.46. The molecule has 0 radical (unpaired) electrons. The molecule has 3 nitrogen and oxygen atoms in total. The summed E-state index contributed by atoms with van der Waals surface area (Å²) in [6.07, 6.45) is -0.372. The topological polar surface area (TPSA) is 35.5 Å². The second-order valence-corrected chi connectivity index (χ2v) is 8.03. The maximum absolute atomic E-state index is 14.2. The van der Waals surface area contributed by atoms with Crippen molar-refractivity contribution in [3.8, 4) is 5.75 Å². The third-order valence-corrected chi connectivity index (χ3v) is 6.07. The maximum Gasteiger partial charge on any atom is 0.419 e. The van der Waals surface area contributed by atoms with Gasteiger partial charge in [-0.15, -0.1) is 0 Å². The average Bonchev–Trinajstić information content (AvgIpc) is 2.78. The quantitative estimate of drug-likeness (QED) is 0.249. The number of carbonyl (C=O) groups is 1. The van der Waals surface area contributed by atoms with E-state index in [2.05, 4.69) is 0 Å². The minimum absolute atomic E-state index is 0.128. The van der Waals surface area contributed by atoms with E-state index in [0.29, 0.717) is 23.7 Å². The van der Waals surface area contributed by atoms with Gasteiger partial charge in [-0.3, -0.25) is 0 Å². The van der Waals surface area contributed by atoms with E-state index in [1.54, 1.807) is 19.2 Å². The molecule has 0 unspecified atom stereocenters. The van der Waals surface area contributed by atoms with Crippen LogP contribution in [0.3, 0.4) is 0 Å². The molecule has 0 atom stereocenters. The first kappa shape index (κ1) is 22.3. The van der Waals surface area contributed by atoms with Gasteiger partial charge in [0.2, 0.25) is 0 Å². The molecule has 3 aromatic carbocycles. The Labute approximate surface area is 182 Å². The van der Waals surface area contributed by atoms with Gasteiger partial charge in [0, 0.05) is 12.5 Å². The summed E-state index contributed by atoms with van der Waals surface area (Å²) >= 11 is 0. The molecule has 4 rings (SSSR count). The number of fused-ring (bicyclic) bond motifs is 1. The van der Waals surface area contributed by atoms with Gasteiger partial charge >= 0.3 is 12.1 Å². The maximum atomic E-state index is 14.2. The van der Waals surface area contributed by atoms with Gasteiger partial charge < -0.3 is 9.47 Å². The van der Waals surface area contributed by atoms with E-state index in [0.717, 1.165) is 37.3 Å². The Bertz CT molecular complexity index is 1110. The van der Waals surface area contributed by atoms with Crippen LogP contribution in [0.2, 0.25) is 0 Å². The molecule has 0 saturated heterocycles. The summed E-state index contributed by atoms with van der Waals surface area (Å²) in [5.74, 6) is -1.37. The number of halogens is 4. The minimum atomic E-state index is -4.78. The van der Waals surface area contributed by atoms with E-state index in [4.69, 9.17) is 9.47 Å². The molecule has 32 heavy (non-hydrogen) atoms. The van der Waals surface area contributed by atoms with Crippen LogP contribution in [0.5, 0.6) is 5.75 Å². The Morgan fingerprint density at radius 3 is 2.25 bits per heavy atom. The van der Waals surface area contributed by atoms with Crippen LogP contribution < -0.4 is 4.74 Å². The summed E-state index contributed by atoms with van der Waals surface area (Å²) < 4.78 is 63.6. The van der Waals surface area contributed by atoms with Crippen molar-refractivity contribution in [2.75, 3.05) is 7.11 Å². The van der Waals surface area contributed by atoms with Crippen molar-refractivity contribution >= 4 is 16.7 Å². The number of ether oxygens (including phenoxy) is 2. The number of alkyl halides is 3. The number of rotatable bonds is 4. The Hall–Kier alpha value is -2.93. The van der Waals surface area contributed by atoms with E-state index < -0.39 is 23.5 Å². The lowest BCUT2D eigenvalue weighted by atomic mass is 9.82. The fraction of sp³-hybridized carbons (Fsp3) is 0.320. The minimum Gasteiger partial charge on any atom is -0.423 e. The van der Waals surface area contributed by atoms with Crippen LogP contribution in [-0.4, -0.2) is 19.2 Å². The van der Waals surface area contributed by atoms with Crippen LogP contribution in [-0.2, 0) is 10.9 Å². The van der Waals surface area contributed by atoms with Gasteiger partial charge in [0.1, 0.15) is 11.6 Å². The predicted molar refractivity (Wildman–Crippen MR) is 112 cm³/mol. The molecule has 7 heteroatoms. The van der Waals surface area contributed by atoms with Crippen molar-refractivity contribution in [1.82, 2.24) is 0 Å². The molecule has 0 spiro atoms. The predicted octanol–water partition coefficient (Wildman–Crippen LogP) is 6.89. The SMILES string of the molecule is COC1CCC(c2ccc(C(=O)Oc3ccc4c(F)c(C(F)(F)F)ccc4c3)cc2)CC1. The Morgan fingerprint density at radius 2 is 1.62 bits per heavy atom. The molecule has 0 bridgehead atoms. The number of benzene rings is 3. The molecule has 0 aromatic heterocycles. The van der Waals surface area contributed by atoms with Crippen LogP contribution >= 0.6 is 0 Å². The summed E-state index contributed by atoms with van der Waals surface area (Å²) in [5, 5.41) is 0.0231. The van der Waals surface area contributed by atoms with E-state index in [-0.39, 0.29) is 16.5 Å². The van der Waals surface area contributed by atoms with Crippen molar-refractivity contribution in [2.24, 2.45) is 0 Å². The van der Waals surface area contributed by atoms with E-state index in [9.17, 15) is 22.4 Å². The van der Waals surface area contributed by atoms with Gasteiger partial charge in [0.25, 0.3) is 0 Å². The van der Waals surface area contributed by atoms with E-state index in [1.807, 2.05) is 12.1 Å². The van der Waals surface area contributed by atoms with Crippen LogP contribution in [0.1, 0.15) is 53.1 Å². The van der Waals surface area contributed by atoms with Crippen molar-refractivity contribution in [3.63, 3.8) is 0 Å². The van der Waals surface area contributed by atoms with Crippen LogP contribution in [0, 0.1) is 5.82 Å². The lowest BCUT2D eigenvalue weighted by Crippen LogP contribution is -2.19. The molecule has 1 aliphatic rings. The van der Waals surface area contributed by atoms with Gasteiger partial charge in [-0.2, -0.15) is 13.2 Å². The first-order valence-electron chi connectivity index (χ1n) is 10.4. The van der Waals surface area contributed by atoms with E-state index >= 15 is 0 Å². The zero-order valence-electron chi connectivity index (χ0n) is 17.4. The van der Waals surface area contributed by atoms with E-state index in [1.165, 1.54) is 18.2 Å². The highest BCUT2D eigenvalue weighted by atomic mass is 19.4. The highest BCUT2D eigenvalue weighted by Crippen LogP contribution is 2.36. The first-order chi connectivity index (χ1) is 15.3. The molecule has 3 aromatic rings. The van der Waals surface area contributed by atoms with Crippen molar-refractivity contribution in [3.05, 3.63) is 77.1 Å². The fourth-order valence-electron chi connectivity index (χ4n) is 4.24. The zero-order chi connectivity index (χ0) is 22.9. The van der Waals surface area contributed by atoms with Gasteiger partial charge in [0.15, 0.2) is 0 Å². The third kappa shape index (κ3) is 4.63. The second kappa shape index (κ2) is 8.90. The molecular formula is C25H22F4O3. The van der Waals surface area contributed by atoms with Crippen LogP contribution in [0.25, 0.3) is 10.8 Å².